The van der Waals surface area contributed by atoms with Crippen LogP contribution in [0, 0.1) is 0 Å². The Morgan fingerprint density at radius 1 is 1.17 bits per heavy atom. The smallest absolute Gasteiger partial charge is 0.273 e. The van der Waals surface area contributed by atoms with Gasteiger partial charge in [-0.15, -0.1) is 0 Å². The van der Waals surface area contributed by atoms with E-state index in [1.54, 1.807) is 13.0 Å². The number of aromatic nitrogens is 1. The fraction of sp³-hybridized carbons (Fsp3) is 0.261. The van der Waals surface area contributed by atoms with Crippen LogP contribution >= 0.6 is 0 Å². The van der Waals surface area contributed by atoms with E-state index in [-0.39, 0.29) is 23.5 Å². The molecule has 1 aromatic heterocycles. The predicted molar refractivity (Wildman–Crippen MR) is 108 cm³/mol. The molecule has 1 aliphatic rings. The average Bonchev–Trinajstić information content (AvgIpc) is 3.38. The number of aryl methyl sites for hydroxylation is 1. The van der Waals surface area contributed by atoms with Gasteiger partial charge in [0, 0.05) is 24.5 Å². The van der Waals surface area contributed by atoms with Crippen LogP contribution in [0.3, 0.4) is 0 Å². The number of rotatable bonds is 6. The number of carbonyl (C=O) groups is 2. The Morgan fingerprint density at radius 3 is 2.76 bits per heavy atom. The van der Waals surface area contributed by atoms with Crippen LogP contribution < -0.4 is 10.1 Å². The molecule has 0 aliphatic carbocycles. The third-order valence-corrected chi connectivity index (χ3v) is 5.05. The van der Waals surface area contributed by atoms with E-state index in [4.69, 9.17) is 9.26 Å². The summed E-state index contributed by atoms with van der Waals surface area (Å²) in [6.07, 6.45) is 1.23. The van der Waals surface area contributed by atoms with Crippen LogP contribution in [0.1, 0.15) is 46.0 Å². The first kappa shape index (κ1) is 18.9. The molecule has 0 saturated carbocycles. The second-order valence-electron chi connectivity index (χ2n) is 7.11. The molecule has 1 N–H and O–H groups in total. The van der Waals surface area contributed by atoms with E-state index in [1.165, 1.54) is 0 Å². The van der Waals surface area contributed by atoms with Gasteiger partial charge < -0.3 is 14.6 Å². The Hall–Kier alpha value is -3.41. The van der Waals surface area contributed by atoms with Gasteiger partial charge in [-0.05, 0) is 35.7 Å². The minimum absolute atomic E-state index is 0.0389. The van der Waals surface area contributed by atoms with Crippen LogP contribution in [0.15, 0.2) is 53.1 Å². The predicted octanol–water partition coefficient (Wildman–Crippen LogP) is 3.84. The summed E-state index contributed by atoms with van der Waals surface area (Å²) in [6.45, 7) is 3.89. The van der Waals surface area contributed by atoms with Crippen LogP contribution in [0.5, 0.6) is 5.75 Å². The first-order chi connectivity index (χ1) is 14.0. The molecule has 0 saturated heterocycles. The summed E-state index contributed by atoms with van der Waals surface area (Å²) >= 11 is 0. The van der Waals surface area contributed by atoms with Gasteiger partial charge in [-0.1, -0.05) is 42.4 Å². The Bertz CT molecular complexity index is 1070. The van der Waals surface area contributed by atoms with Crippen molar-refractivity contribution in [3.63, 3.8) is 0 Å². The maximum Gasteiger partial charge on any atom is 0.273 e. The van der Waals surface area contributed by atoms with E-state index in [0.717, 1.165) is 22.4 Å². The highest BCUT2D eigenvalue weighted by Gasteiger charge is 2.25. The van der Waals surface area contributed by atoms with E-state index in [1.807, 2.05) is 43.3 Å². The molecule has 3 aromatic rings. The number of ether oxygens (including phenoxy) is 1. The van der Waals surface area contributed by atoms with Crippen LogP contribution in [-0.4, -0.2) is 29.5 Å². The molecule has 1 amide bonds. The number of nitrogens with one attached hydrogen (secondary N) is 1. The molecule has 0 spiro atoms. The van der Waals surface area contributed by atoms with Gasteiger partial charge in [0.1, 0.15) is 17.6 Å². The summed E-state index contributed by atoms with van der Waals surface area (Å²) in [5.41, 5.74) is 3.94. The number of nitrogens with zero attached hydrogens (tertiary/aromatic N) is 1. The summed E-state index contributed by atoms with van der Waals surface area (Å²) in [6, 6.07) is 15.2. The first-order valence-corrected chi connectivity index (χ1v) is 9.69. The molecule has 0 bridgehead atoms. The molecule has 6 heteroatoms. The monoisotopic (exact) mass is 390 g/mol. The zero-order valence-electron chi connectivity index (χ0n) is 16.4. The third-order valence-electron chi connectivity index (χ3n) is 5.05. The minimum Gasteiger partial charge on any atom is -0.488 e. The van der Waals surface area contributed by atoms with Crippen molar-refractivity contribution in [1.82, 2.24) is 10.5 Å². The van der Waals surface area contributed by atoms with Gasteiger partial charge in [-0.3, -0.25) is 9.59 Å². The fourth-order valence-corrected chi connectivity index (χ4v) is 3.53. The van der Waals surface area contributed by atoms with E-state index < -0.39 is 0 Å². The molecule has 1 unspecified atom stereocenters. The van der Waals surface area contributed by atoms with Gasteiger partial charge in [-0.25, -0.2) is 0 Å². The number of benzene rings is 2. The van der Waals surface area contributed by atoms with Crippen molar-refractivity contribution in [2.45, 2.75) is 32.8 Å². The summed E-state index contributed by atoms with van der Waals surface area (Å²) in [5.74, 6) is 1.25. The largest absolute Gasteiger partial charge is 0.488 e. The summed E-state index contributed by atoms with van der Waals surface area (Å²) < 4.78 is 11.0. The number of Topliss-reactive ketones (excluding diaryl/α,β-unsaturated/α-hetero) is 1. The third kappa shape index (κ3) is 3.92. The number of amides is 1. The normalized spacial score (nSPS) is 14.9. The van der Waals surface area contributed by atoms with Crippen molar-refractivity contribution in [3.05, 3.63) is 71.1 Å². The van der Waals surface area contributed by atoms with Gasteiger partial charge >= 0.3 is 0 Å². The Labute approximate surface area is 168 Å². The summed E-state index contributed by atoms with van der Waals surface area (Å²) in [4.78, 5) is 24.2. The Morgan fingerprint density at radius 2 is 2.00 bits per heavy atom. The fourth-order valence-electron chi connectivity index (χ4n) is 3.53. The van der Waals surface area contributed by atoms with Gasteiger partial charge in [-0.2, -0.15) is 0 Å². The SMILES string of the molecule is CCc1cc(C(=O)NCC2Cc3cc(-c4ccccc4C(C)=O)ccc3O2)no1. The van der Waals surface area contributed by atoms with Crippen LogP contribution in [0.2, 0.25) is 0 Å². The van der Waals surface area contributed by atoms with Crippen molar-refractivity contribution < 1.29 is 18.8 Å². The number of hydrogen-bond acceptors (Lipinski definition) is 5. The number of fused-ring (bicyclic) bond motifs is 1. The van der Waals surface area contributed by atoms with Gasteiger partial charge in [0.2, 0.25) is 0 Å². The van der Waals surface area contributed by atoms with Crippen molar-refractivity contribution in [2.75, 3.05) is 6.54 Å². The molecule has 2 heterocycles. The van der Waals surface area contributed by atoms with Gasteiger partial charge in [0.25, 0.3) is 5.91 Å². The summed E-state index contributed by atoms with van der Waals surface area (Å²) in [5, 5.41) is 6.64. The van der Waals surface area contributed by atoms with Crippen molar-refractivity contribution >= 4 is 11.7 Å². The average molecular weight is 390 g/mol. The maximum absolute atomic E-state index is 12.2. The van der Waals surface area contributed by atoms with Crippen molar-refractivity contribution in [2.24, 2.45) is 0 Å². The Balaban J connectivity index is 1.44. The Kier molecular flexibility index (Phi) is 5.16. The lowest BCUT2D eigenvalue weighted by atomic mass is 9.95. The quantitative estimate of drug-likeness (QED) is 0.647. The highest BCUT2D eigenvalue weighted by Crippen LogP contribution is 2.34. The van der Waals surface area contributed by atoms with Gasteiger partial charge in [0.05, 0.1) is 6.54 Å². The molecule has 4 rings (SSSR count). The number of ketones is 1. The van der Waals surface area contributed by atoms with Crippen LogP contribution in [0.25, 0.3) is 11.1 Å². The minimum atomic E-state index is -0.274. The molecule has 29 heavy (non-hydrogen) atoms. The molecular formula is C23H22N2O4. The molecule has 1 atom stereocenters. The first-order valence-electron chi connectivity index (χ1n) is 9.69. The highest BCUT2D eigenvalue weighted by molar-refractivity contribution is 6.00. The lowest BCUT2D eigenvalue weighted by molar-refractivity contribution is 0.0923. The van der Waals surface area contributed by atoms with E-state index in [0.29, 0.717) is 30.7 Å². The lowest BCUT2D eigenvalue weighted by Gasteiger charge is -2.11. The molecule has 6 nitrogen and oxygen atoms in total. The van der Waals surface area contributed by atoms with Crippen LogP contribution in [-0.2, 0) is 12.8 Å². The molecule has 148 valence electrons. The standard InChI is InChI=1S/C23H22N2O4/c1-3-17-12-21(25-29-17)23(27)24-13-18-11-16-10-15(8-9-22(16)28-18)20-7-5-4-6-19(20)14(2)26/h4-10,12,18H,3,11,13H2,1-2H3,(H,24,27). The van der Waals surface area contributed by atoms with E-state index in [2.05, 4.69) is 16.5 Å². The summed E-state index contributed by atoms with van der Waals surface area (Å²) in [7, 11) is 0. The zero-order valence-corrected chi connectivity index (χ0v) is 16.4. The topological polar surface area (TPSA) is 81.4 Å². The number of hydrogen-bond donors (Lipinski definition) is 1. The van der Waals surface area contributed by atoms with Crippen molar-refractivity contribution in [3.8, 4) is 16.9 Å². The second-order valence-corrected chi connectivity index (χ2v) is 7.11. The maximum atomic E-state index is 12.2. The lowest BCUT2D eigenvalue weighted by Crippen LogP contribution is -2.34. The molecule has 1 aliphatic heterocycles. The zero-order chi connectivity index (χ0) is 20.4. The van der Waals surface area contributed by atoms with Gasteiger partial charge in [0.15, 0.2) is 11.5 Å². The highest BCUT2D eigenvalue weighted by atomic mass is 16.5. The second kappa shape index (κ2) is 7.91. The van der Waals surface area contributed by atoms with E-state index >= 15 is 0 Å². The van der Waals surface area contributed by atoms with Crippen LogP contribution in [0.4, 0.5) is 0 Å². The molecular weight excluding hydrogens is 368 g/mol. The van der Waals surface area contributed by atoms with Crippen molar-refractivity contribution in [1.29, 1.82) is 0 Å². The van der Waals surface area contributed by atoms with E-state index in [9.17, 15) is 9.59 Å². The molecule has 0 radical (unpaired) electrons. The number of carbonyl (C=O) groups excluding carboxylic acids is 2. The molecule has 2 aromatic carbocycles. The molecule has 0 fully saturated rings.